The molecule has 0 atom stereocenters. The molecule has 0 aliphatic heterocycles. The Morgan fingerprint density at radius 1 is 1.40 bits per heavy atom. The zero-order chi connectivity index (χ0) is 14.9. The van der Waals surface area contributed by atoms with Crippen molar-refractivity contribution in [2.45, 2.75) is 50.5 Å². The smallest absolute Gasteiger partial charge is 0.246 e. The van der Waals surface area contributed by atoms with Gasteiger partial charge in [0.05, 0.1) is 11.4 Å². The van der Waals surface area contributed by atoms with Gasteiger partial charge in [-0.15, -0.1) is 0 Å². The maximum atomic E-state index is 12.9. The van der Waals surface area contributed by atoms with Crippen LogP contribution in [0.3, 0.4) is 0 Å². The highest BCUT2D eigenvalue weighted by Gasteiger charge is 2.37. The molecule has 0 amide bonds. The maximum absolute atomic E-state index is 12.9. The summed E-state index contributed by atoms with van der Waals surface area (Å²) in [5.41, 5.74) is 1.20. The minimum atomic E-state index is -3.54. The zero-order valence-electron chi connectivity index (χ0n) is 12.3. The van der Waals surface area contributed by atoms with E-state index >= 15 is 0 Å². The molecular formula is C13H23N3O3S. The van der Waals surface area contributed by atoms with E-state index in [0.717, 1.165) is 19.3 Å². The third-order valence-electron chi connectivity index (χ3n) is 4.03. The van der Waals surface area contributed by atoms with Crippen molar-refractivity contribution in [3.8, 4) is 0 Å². The molecule has 1 aliphatic carbocycles. The summed E-state index contributed by atoms with van der Waals surface area (Å²) in [5, 5.41) is 13.2. The molecule has 0 spiro atoms. The Morgan fingerprint density at radius 2 is 2.05 bits per heavy atom. The third-order valence-corrected chi connectivity index (χ3v) is 6.23. The molecule has 7 heteroatoms. The number of hydrogen-bond donors (Lipinski definition) is 1. The van der Waals surface area contributed by atoms with Crippen LogP contribution in [0.4, 0.5) is 0 Å². The number of aliphatic hydroxyl groups is 1. The van der Waals surface area contributed by atoms with Crippen LogP contribution < -0.4 is 0 Å². The number of hydrogen-bond acceptors (Lipinski definition) is 4. The van der Waals surface area contributed by atoms with Gasteiger partial charge in [-0.2, -0.15) is 9.40 Å². The Morgan fingerprint density at radius 3 is 2.45 bits per heavy atom. The normalized spacial score (nSPS) is 16.6. The van der Waals surface area contributed by atoms with Gasteiger partial charge < -0.3 is 5.11 Å². The molecule has 1 heterocycles. The van der Waals surface area contributed by atoms with Gasteiger partial charge in [-0.05, 0) is 33.1 Å². The molecule has 20 heavy (non-hydrogen) atoms. The fourth-order valence-electron chi connectivity index (χ4n) is 2.64. The van der Waals surface area contributed by atoms with Crippen molar-refractivity contribution in [2.75, 3.05) is 13.2 Å². The van der Waals surface area contributed by atoms with Crippen LogP contribution in [0.25, 0.3) is 0 Å². The van der Waals surface area contributed by atoms with E-state index in [2.05, 4.69) is 5.10 Å². The first-order valence-electron chi connectivity index (χ1n) is 7.02. The average molecular weight is 301 g/mol. The lowest BCUT2D eigenvalue weighted by Crippen LogP contribution is -2.45. The van der Waals surface area contributed by atoms with Gasteiger partial charge in [0, 0.05) is 26.2 Å². The third kappa shape index (κ3) is 2.62. The summed E-state index contributed by atoms with van der Waals surface area (Å²) in [7, 11) is -1.78. The van der Waals surface area contributed by atoms with E-state index in [9.17, 15) is 8.42 Å². The predicted octanol–water partition coefficient (Wildman–Crippen LogP) is 0.963. The second kappa shape index (κ2) is 5.83. The molecule has 0 radical (unpaired) electrons. The Bertz CT molecular complexity index is 576. The SMILES string of the molecule is Cc1nn(C)c(C)c1S(=O)(=O)N(CCCO)C1CCC1. The van der Waals surface area contributed by atoms with Gasteiger partial charge in [0.2, 0.25) is 10.0 Å². The highest BCUT2D eigenvalue weighted by molar-refractivity contribution is 7.89. The van der Waals surface area contributed by atoms with Crippen molar-refractivity contribution in [3.05, 3.63) is 11.4 Å². The minimum absolute atomic E-state index is 0.00371. The number of aliphatic hydroxyl groups excluding tert-OH is 1. The summed E-state index contributed by atoms with van der Waals surface area (Å²) in [4.78, 5) is 0.324. The highest BCUT2D eigenvalue weighted by Crippen LogP contribution is 2.32. The molecule has 6 nitrogen and oxygen atoms in total. The summed E-state index contributed by atoms with van der Waals surface area (Å²) < 4.78 is 29.0. The molecule has 1 aromatic rings. The van der Waals surface area contributed by atoms with E-state index in [1.165, 1.54) is 0 Å². The van der Waals surface area contributed by atoms with Crippen LogP contribution in [0, 0.1) is 13.8 Å². The van der Waals surface area contributed by atoms with Crippen LogP contribution in [0.5, 0.6) is 0 Å². The molecule has 0 bridgehead atoms. The molecule has 0 aromatic carbocycles. The molecule has 0 saturated heterocycles. The predicted molar refractivity (Wildman–Crippen MR) is 75.9 cm³/mol. The molecule has 1 fully saturated rings. The van der Waals surface area contributed by atoms with Crippen molar-refractivity contribution in [2.24, 2.45) is 7.05 Å². The van der Waals surface area contributed by atoms with E-state index in [0.29, 0.717) is 29.2 Å². The average Bonchev–Trinajstić information content (AvgIpc) is 2.56. The number of aromatic nitrogens is 2. The quantitative estimate of drug-likeness (QED) is 0.849. The van der Waals surface area contributed by atoms with Crippen molar-refractivity contribution < 1.29 is 13.5 Å². The molecular weight excluding hydrogens is 278 g/mol. The minimum Gasteiger partial charge on any atom is -0.396 e. The highest BCUT2D eigenvalue weighted by atomic mass is 32.2. The van der Waals surface area contributed by atoms with Crippen LogP contribution in [-0.2, 0) is 17.1 Å². The first-order valence-corrected chi connectivity index (χ1v) is 8.46. The van der Waals surface area contributed by atoms with Crippen LogP contribution >= 0.6 is 0 Å². The van der Waals surface area contributed by atoms with E-state index in [-0.39, 0.29) is 12.6 Å². The zero-order valence-corrected chi connectivity index (χ0v) is 13.2. The van der Waals surface area contributed by atoms with E-state index < -0.39 is 10.0 Å². The van der Waals surface area contributed by atoms with Gasteiger partial charge in [0.1, 0.15) is 4.90 Å². The molecule has 1 saturated carbocycles. The molecule has 2 rings (SSSR count). The van der Waals surface area contributed by atoms with Crippen LogP contribution in [0.1, 0.15) is 37.1 Å². The summed E-state index contributed by atoms with van der Waals surface area (Å²) in [6.07, 6.45) is 3.35. The Hall–Kier alpha value is -0.920. The summed E-state index contributed by atoms with van der Waals surface area (Å²) in [6.45, 7) is 3.88. The van der Waals surface area contributed by atoms with Gasteiger partial charge in [0.25, 0.3) is 0 Å². The first-order chi connectivity index (χ1) is 9.39. The van der Waals surface area contributed by atoms with Crippen molar-refractivity contribution in [3.63, 3.8) is 0 Å². The second-order valence-electron chi connectivity index (χ2n) is 5.40. The van der Waals surface area contributed by atoms with Gasteiger partial charge in [-0.1, -0.05) is 6.42 Å². The molecule has 1 N–H and O–H groups in total. The number of nitrogens with zero attached hydrogens (tertiary/aromatic N) is 3. The monoisotopic (exact) mass is 301 g/mol. The van der Waals surface area contributed by atoms with Gasteiger partial charge in [0.15, 0.2) is 0 Å². The van der Waals surface area contributed by atoms with Crippen LogP contribution in [0.2, 0.25) is 0 Å². The van der Waals surface area contributed by atoms with Crippen molar-refractivity contribution >= 4 is 10.0 Å². The molecule has 1 aromatic heterocycles. The van der Waals surface area contributed by atoms with Gasteiger partial charge >= 0.3 is 0 Å². The lowest BCUT2D eigenvalue weighted by molar-refractivity contribution is 0.198. The number of rotatable bonds is 6. The molecule has 1 aliphatic rings. The lowest BCUT2D eigenvalue weighted by atomic mass is 9.93. The maximum Gasteiger partial charge on any atom is 0.246 e. The second-order valence-corrected chi connectivity index (χ2v) is 7.23. The fraction of sp³-hybridized carbons (Fsp3) is 0.769. The molecule has 0 unspecified atom stereocenters. The summed E-state index contributed by atoms with van der Waals surface area (Å²) >= 11 is 0. The number of sulfonamides is 1. The van der Waals surface area contributed by atoms with Crippen molar-refractivity contribution in [1.82, 2.24) is 14.1 Å². The lowest BCUT2D eigenvalue weighted by Gasteiger charge is -2.36. The topological polar surface area (TPSA) is 75.4 Å². The van der Waals surface area contributed by atoms with Crippen LogP contribution in [0.15, 0.2) is 4.90 Å². The van der Waals surface area contributed by atoms with Gasteiger partial charge in [-0.3, -0.25) is 4.68 Å². The fourth-order valence-corrected chi connectivity index (χ4v) is 4.77. The molecule has 114 valence electrons. The number of aryl methyl sites for hydroxylation is 2. The van der Waals surface area contributed by atoms with Crippen molar-refractivity contribution in [1.29, 1.82) is 0 Å². The summed E-state index contributed by atoms with van der Waals surface area (Å²) in [5.74, 6) is 0. The van der Waals surface area contributed by atoms with E-state index in [4.69, 9.17) is 5.11 Å². The Kier molecular flexibility index (Phi) is 4.51. The van der Waals surface area contributed by atoms with E-state index in [1.807, 2.05) is 0 Å². The van der Waals surface area contributed by atoms with Crippen LogP contribution in [-0.4, -0.2) is 46.8 Å². The van der Waals surface area contributed by atoms with E-state index in [1.54, 1.807) is 29.9 Å². The Balaban J connectivity index is 2.39. The Labute approximate surface area is 120 Å². The summed E-state index contributed by atoms with van der Waals surface area (Å²) in [6, 6.07) is 0.0746. The standard InChI is InChI=1S/C13H23N3O3S/c1-10-13(11(2)15(3)14-10)20(18,19)16(8-5-9-17)12-6-4-7-12/h12,17H,4-9H2,1-3H3. The largest absolute Gasteiger partial charge is 0.396 e. The van der Waals surface area contributed by atoms with Gasteiger partial charge in [-0.25, -0.2) is 8.42 Å². The first kappa shape index (κ1) is 15.5.